The number of amidine groups is 1. The van der Waals surface area contributed by atoms with Gasteiger partial charge in [-0.3, -0.25) is 0 Å². The third kappa shape index (κ3) is 3.63. The molecule has 5 heteroatoms. The van der Waals surface area contributed by atoms with Crippen LogP contribution in [0.3, 0.4) is 0 Å². The van der Waals surface area contributed by atoms with Gasteiger partial charge in [0.1, 0.15) is 0 Å². The van der Waals surface area contributed by atoms with Crippen molar-refractivity contribution in [1.82, 2.24) is 0 Å². The van der Waals surface area contributed by atoms with Gasteiger partial charge in [0.05, 0.1) is 0 Å². The smallest absolute Gasteiger partial charge is 0.172 e. The molecule has 0 bridgehead atoms. The topological polar surface area (TPSA) is 71.1 Å². The number of anilines is 1. The summed E-state index contributed by atoms with van der Waals surface area (Å²) in [4.78, 5) is 2.08. The van der Waals surface area contributed by atoms with E-state index in [2.05, 4.69) is 10.1 Å². The largest absolute Gasteiger partial charge is 0.409 e. The SMILES string of the molecule is COCCCN(C)c1cc(C)ccc1C(N)=NO. The Bertz CT molecular complexity index is 419. The molecule has 0 aromatic heterocycles. The fourth-order valence-electron chi connectivity index (χ4n) is 1.79. The predicted molar refractivity (Wildman–Crippen MR) is 73.5 cm³/mol. The Kier molecular flexibility index (Phi) is 5.45. The van der Waals surface area contributed by atoms with Crippen molar-refractivity contribution in [3.8, 4) is 0 Å². The minimum Gasteiger partial charge on any atom is -0.409 e. The van der Waals surface area contributed by atoms with Crippen LogP contribution in [0.1, 0.15) is 17.5 Å². The van der Waals surface area contributed by atoms with E-state index in [-0.39, 0.29) is 5.84 Å². The second-order valence-corrected chi connectivity index (χ2v) is 4.27. The fraction of sp³-hybridized carbons (Fsp3) is 0.462. The quantitative estimate of drug-likeness (QED) is 0.265. The summed E-state index contributed by atoms with van der Waals surface area (Å²) < 4.78 is 5.04. The number of benzene rings is 1. The van der Waals surface area contributed by atoms with Gasteiger partial charge in [0.2, 0.25) is 0 Å². The minimum absolute atomic E-state index is 0.128. The summed E-state index contributed by atoms with van der Waals surface area (Å²) in [5.41, 5.74) is 8.52. The van der Waals surface area contributed by atoms with E-state index < -0.39 is 0 Å². The van der Waals surface area contributed by atoms with Crippen molar-refractivity contribution in [2.24, 2.45) is 10.9 Å². The molecule has 3 N–H and O–H groups in total. The lowest BCUT2D eigenvalue weighted by molar-refractivity contribution is 0.196. The van der Waals surface area contributed by atoms with Gasteiger partial charge in [-0.25, -0.2) is 0 Å². The normalized spacial score (nSPS) is 11.6. The fourth-order valence-corrected chi connectivity index (χ4v) is 1.79. The van der Waals surface area contributed by atoms with Crippen molar-refractivity contribution in [1.29, 1.82) is 0 Å². The molecule has 0 aliphatic rings. The maximum absolute atomic E-state index is 8.80. The molecule has 0 heterocycles. The zero-order valence-electron chi connectivity index (χ0n) is 11.2. The molecule has 100 valence electrons. The number of methoxy groups -OCH3 is 1. The highest BCUT2D eigenvalue weighted by atomic mass is 16.5. The number of nitrogens with zero attached hydrogens (tertiary/aromatic N) is 2. The van der Waals surface area contributed by atoms with Gasteiger partial charge >= 0.3 is 0 Å². The van der Waals surface area contributed by atoms with Crippen LogP contribution in [0.25, 0.3) is 0 Å². The first-order valence-corrected chi connectivity index (χ1v) is 5.88. The van der Waals surface area contributed by atoms with Crippen molar-refractivity contribution in [2.75, 3.05) is 32.2 Å². The number of oxime groups is 1. The van der Waals surface area contributed by atoms with Crippen LogP contribution in [-0.2, 0) is 4.74 Å². The van der Waals surface area contributed by atoms with Gasteiger partial charge in [0.25, 0.3) is 0 Å². The second kappa shape index (κ2) is 6.86. The van der Waals surface area contributed by atoms with Crippen molar-refractivity contribution in [2.45, 2.75) is 13.3 Å². The average Bonchev–Trinajstić information content (AvgIpc) is 2.38. The average molecular weight is 251 g/mol. The summed E-state index contributed by atoms with van der Waals surface area (Å²) in [5.74, 6) is 0.128. The van der Waals surface area contributed by atoms with E-state index in [0.717, 1.165) is 36.4 Å². The maximum Gasteiger partial charge on any atom is 0.172 e. The summed E-state index contributed by atoms with van der Waals surface area (Å²) in [6.07, 6.45) is 0.927. The molecule has 0 atom stereocenters. The molecule has 18 heavy (non-hydrogen) atoms. The van der Waals surface area contributed by atoms with E-state index in [9.17, 15) is 0 Å². The Balaban J connectivity index is 2.94. The molecule has 0 aliphatic heterocycles. The lowest BCUT2D eigenvalue weighted by Crippen LogP contribution is -2.24. The Morgan fingerprint density at radius 2 is 2.22 bits per heavy atom. The number of aryl methyl sites for hydroxylation is 1. The van der Waals surface area contributed by atoms with Gasteiger partial charge in [0, 0.05) is 38.6 Å². The molecule has 0 spiro atoms. The molecule has 0 saturated heterocycles. The number of ether oxygens (including phenoxy) is 1. The minimum atomic E-state index is 0.128. The van der Waals surface area contributed by atoms with E-state index >= 15 is 0 Å². The zero-order chi connectivity index (χ0) is 13.5. The molecule has 0 amide bonds. The van der Waals surface area contributed by atoms with E-state index in [4.69, 9.17) is 15.7 Å². The van der Waals surface area contributed by atoms with Crippen molar-refractivity contribution < 1.29 is 9.94 Å². The predicted octanol–water partition coefficient (Wildman–Crippen LogP) is 1.56. The highest BCUT2D eigenvalue weighted by Crippen LogP contribution is 2.21. The lowest BCUT2D eigenvalue weighted by atomic mass is 10.1. The maximum atomic E-state index is 8.80. The first-order valence-electron chi connectivity index (χ1n) is 5.88. The molecule has 1 rings (SSSR count). The first kappa shape index (κ1) is 14.3. The van der Waals surface area contributed by atoms with Gasteiger partial charge in [-0.1, -0.05) is 11.2 Å². The van der Waals surface area contributed by atoms with Crippen LogP contribution in [-0.4, -0.2) is 38.4 Å². The van der Waals surface area contributed by atoms with E-state index in [1.165, 1.54) is 0 Å². The monoisotopic (exact) mass is 251 g/mol. The zero-order valence-corrected chi connectivity index (χ0v) is 11.2. The molecule has 5 nitrogen and oxygen atoms in total. The first-order chi connectivity index (χ1) is 8.60. The van der Waals surface area contributed by atoms with Crippen LogP contribution >= 0.6 is 0 Å². The Morgan fingerprint density at radius 3 is 2.83 bits per heavy atom. The highest BCUT2D eigenvalue weighted by Gasteiger charge is 2.11. The number of hydrogen-bond donors (Lipinski definition) is 2. The van der Waals surface area contributed by atoms with E-state index in [1.807, 2.05) is 32.2 Å². The Morgan fingerprint density at radius 1 is 1.50 bits per heavy atom. The van der Waals surface area contributed by atoms with Crippen molar-refractivity contribution in [3.63, 3.8) is 0 Å². The molecule has 0 unspecified atom stereocenters. The number of nitrogens with two attached hydrogens (primary N) is 1. The third-order valence-corrected chi connectivity index (χ3v) is 2.79. The van der Waals surface area contributed by atoms with E-state index in [0.29, 0.717) is 0 Å². The molecule has 0 radical (unpaired) electrons. The summed E-state index contributed by atoms with van der Waals surface area (Å²) in [6, 6.07) is 5.84. The standard InChI is InChI=1S/C13H21N3O2/c1-10-5-6-11(13(14)15-17)12(9-10)16(2)7-4-8-18-3/h5-6,9,17H,4,7-8H2,1-3H3,(H2,14,15). The molecular formula is C13H21N3O2. The second-order valence-electron chi connectivity index (χ2n) is 4.27. The number of hydrogen-bond acceptors (Lipinski definition) is 4. The number of rotatable bonds is 6. The van der Waals surface area contributed by atoms with Gasteiger partial charge < -0.3 is 20.6 Å². The summed E-state index contributed by atoms with van der Waals surface area (Å²) in [6.45, 7) is 3.58. The van der Waals surface area contributed by atoms with Gasteiger partial charge in [0.15, 0.2) is 5.84 Å². The van der Waals surface area contributed by atoms with Crippen molar-refractivity contribution in [3.05, 3.63) is 29.3 Å². The van der Waals surface area contributed by atoms with Gasteiger partial charge in [-0.2, -0.15) is 0 Å². The lowest BCUT2D eigenvalue weighted by Gasteiger charge is -2.22. The molecule has 0 fully saturated rings. The van der Waals surface area contributed by atoms with Crippen LogP contribution in [0.15, 0.2) is 23.4 Å². The Hall–Kier alpha value is -1.75. The van der Waals surface area contributed by atoms with Gasteiger partial charge in [-0.15, -0.1) is 0 Å². The molecule has 1 aromatic carbocycles. The summed E-state index contributed by atoms with van der Waals surface area (Å²) in [7, 11) is 3.67. The Labute approximate surface area is 108 Å². The molecule has 0 saturated carbocycles. The van der Waals surface area contributed by atoms with Crippen LogP contribution in [0.5, 0.6) is 0 Å². The van der Waals surface area contributed by atoms with Crippen LogP contribution < -0.4 is 10.6 Å². The third-order valence-electron chi connectivity index (χ3n) is 2.79. The van der Waals surface area contributed by atoms with E-state index in [1.54, 1.807) is 7.11 Å². The van der Waals surface area contributed by atoms with Crippen LogP contribution in [0.4, 0.5) is 5.69 Å². The van der Waals surface area contributed by atoms with Crippen LogP contribution in [0, 0.1) is 6.92 Å². The molecule has 1 aromatic rings. The van der Waals surface area contributed by atoms with Crippen molar-refractivity contribution >= 4 is 11.5 Å². The summed E-state index contributed by atoms with van der Waals surface area (Å²) >= 11 is 0. The summed E-state index contributed by atoms with van der Waals surface area (Å²) in [5, 5.41) is 11.9. The van der Waals surface area contributed by atoms with Crippen LogP contribution in [0.2, 0.25) is 0 Å². The highest BCUT2D eigenvalue weighted by molar-refractivity contribution is 6.02. The van der Waals surface area contributed by atoms with Gasteiger partial charge in [-0.05, 0) is 31.0 Å². The molecular weight excluding hydrogens is 230 g/mol. The molecule has 0 aliphatic carbocycles.